The average Bonchev–Trinajstić information content (AvgIpc) is 3.61. The highest BCUT2D eigenvalue weighted by Crippen LogP contribution is 2.53. The van der Waals surface area contributed by atoms with E-state index in [2.05, 4.69) is 141 Å². The molecule has 192 valence electrons. The fraction of sp³-hybridized carbons (Fsp3) is 0. The molecule has 5 aromatic carbocycles. The molecule has 1 aliphatic rings. The van der Waals surface area contributed by atoms with Crippen molar-refractivity contribution >= 4 is 60.3 Å². The zero-order chi connectivity index (χ0) is 26.9. The number of rotatable bonds is 2. The number of nitrogens with zero attached hydrogens (tertiary/aromatic N) is 3. The Labute approximate surface area is 241 Å². The Kier molecular flexibility index (Phi) is 4.77. The van der Waals surface area contributed by atoms with Gasteiger partial charge >= 0.3 is 0 Å². The first kappa shape index (κ1) is 22.6. The van der Waals surface area contributed by atoms with Crippen LogP contribution in [0, 0.1) is 0 Å². The molecule has 0 spiro atoms. The van der Waals surface area contributed by atoms with Gasteiger partial charge in [-0.05, 0) is 65.5 Å². The van der Waals surface area contributed by atoms with Gasteiger partial charge in [0.2, 0.25) is 0 Å². The zero-order valence-corrected chi connectivity index (χ0v) is 22.8. The summed E-state index contributed by atoms with van der Waals surface area (Å²) in [6, 6.07) is 44.1. The molecule has 0 fully saturated rings. The summed E-state index contributed by atoms with van der Waals surface area (Å²) in [5, 5.41) is 5.95. The van der Waals surface area contributed by atoms with Crippen molar-refractivity contribution in [2.45, 2.75) is 0 Å². The molecule has 0 aliphatic carbocycles. The second-order valence-corrected chi connectivity index (χ2v) is 11.4. The first-order valence-corrected chi connectivity index (χ1v) is 14.7. The van der Waals surface area contributed by atoms with Crippen LogP contribution in [0.15, 0.2) is 139 Å². The van der Waals surface area contributed by atoms with Gasteiger partial charge in [-0.2, -0.15) is 0 Å². The number of benzene rings is 5. The lowest BCUT2D eigenvalue weighted by molar-refractivity contribution is 1.16. The van der Waals surface area contributed by atoms with Crippen LogP contribution in [-0.4, -0.2) is 9.55 Å². The molecule has 0 saturated heterocycles. The Morgan fingerprint density at radius 2 is 1.29 bits per heavy atom. The molecule has 0 amide bonds. The Bertz CT molecular complexity index is 2240. The fourth-order valence-corrected chi connectivity index (χ4v) is 7.40. The lowest BCUT2D eigenvalue weighted by atomic mass is 9.92. The van der Waals surface area contributed by atoms with Crippen molar-refractivity contribution in [1.29, 1.82) is 0 Å². The molecule has 1 aliphatic heterocycles. The average molecular weight is 542 g/mol. The van der Waals surface area contributed by atoms with E-state index < -0.39 is 0 Å². The van der Waals surface area contributed by atoms with E-state index in [0.717, 1.165) is 16.9 Å². The molecule has 0 atom stereocenters. The SMILES string of the molecule is c1cc(N2c3ccccc3-c3ccc4sccc4c3-c3ccccc32)cc(-n2c3ccccc3c3ccncc32)c1. The Hall–Kier alpha value is -5.19. The van der Waals surface area contributed by atoms with Gasteiger partial charge in [0, 0.05) is 55.1 Å². The minimum atomic E-state index is 1.11. The van der Waals surface area contributed by atoms with Gasteiger partial charge in [-0.3, -0.25) is 4.98 Å². The van der Waals surface area contributed by atoms with Crippen LogP contribution in [0.25, 0.3) is 59.8 Å². The van der Waals surface area contributed by atoms with Gasteiger partial charge in [0.1, 0.15) is 0 Å². The van der Waals surface area contributed by atoms with Crippen LogP contribution in [0.4, 0.5) is 17.1 Å². The highest BCUT2D eigenvalue weighted by atomic mass is 32.1. The number of para-hydroxylation sites is 3. The third-order valence-electron chi connectivity index (χ3n) is 8.31. The Morgan fingerprint density at radius 1 is 0.537 bits per heavy atom. The van der Waals surface area contributed by atoms with E-state index in [9.17, 15) is 0 Å². The second-order valence-electron chi connectivity index (χ2n) is 10.5. The molecule has 0 saturated carbocycles. The molecular formula is C37H23N3S. The summed E-state index contributed by atoms with van der Waals surface area (Å²) in [5.74, 6) is 0. The maximum Gasteiger partial charge on any atom is 0.0724 e. The smallest absolute Gasteiger partial charge is 0.0724 e. The summed E-state index contributed by atoms with van der Waals surface area (Å²) in [4.78, 5) is 6.92. The molecule has 3 nitrogen and oxygen atoms in total. The topological polar surface area (TPSA) is 21.1 Å². The number of hydrogen-bond donors (Lipinski definition) is 0. The predicted molar refractivity (Wildman–Crippen MR) is 173 cm³/mol. The van der Waals surface area contributed by atoms with Crippen LogP contribution in [0.2, 0.25) is 0 Å². The molecular weight excluding hydrogens is 518 g/mol. The molecule has 9 rings (SSSR count). The highest BCUT2D eigenvalue weighted by Gasteiger charge is 2.27. The molecule has 3 aromatic heterocycles. The molecule has 0 N–H and O–H groups in total. The van der Waals surface area contributed by atoms with E-state index in [4.69, 9.17) is 0 Å². The monoisotopic (exact) mass is 541 g/mol. The summed E-state index contributed by atoms with van der Waals surface area (Å²) >= 11 is 1.80. The van der Waals surface area contributed by atoms with Crippen molar-refractivity contribution in [1.82, 2.24) is 9.55 Å². The first-order chi connectivity index (χ1) is 20.4. The van der Waals surface area contributed by atoms with Crippen molar-refractivity contribution in [3.8, 4) is 27.9 Å². The van der Waals surface area contributed by atoms with E-state index in [1.165, 1.54) is 60.0 Å². The first-order valence-electron chi connectivity index (χ1n) is 13.8. The zero-order valence-electron chi connectivity index (χ0n) is 22.0. The lowest BCUT2D eigenvalue weighted by Crippen LogP contribution is -2.11. The number of thiophene rings is 1. The van der Waals surface area contributed by atoms with Crippen molar-refractivity contribution in [2.75, 3.05) is 4.90 Å². The summed E-state index contributed by atoms with van der Waals surface area (Å²) in [5.41, 5.74) is 11.9. The van der Waals surface area contributed by atoms with Crippen LogP contribution in [0.5, 0.6) is 0 Å². The van der Waals surface area contributed by atoms with E-state index in [-0.39, 0.29) is 0 Å². The van der Waals surface area contributed by atoms with E-state index in [0.29, 0.717) is 0 Å². The summed E-state index contributed by atoms with van der Waals surface area (Å²) in [6.07, 6.45) is 3.85. The number of fused-ring (bicyclic) bond motifs is 10. The number of aromatic nitrogens is 2. The number of hydrogen-bond acceptors (Lipinski definition) is 3. The van der Waals surface area contributed by atoms with Gasteiger partial charge < -0.3 is 9.47 Å². The van der Waals surface area contributed by atoms with Crippen LogP contribution >= 0.6 is 11.3 Å². The molecule has 4 heterocycles. The van der Waals surface area contributed by atoms with E-state index in [1.807, 2.05) is 12.4 Å². The quantitative estimate of drug-likeness (QED) is 0.217. The minimum Gasteiger partial charge on any atom is -0.309 e. The standard InChI is InChI=1S/C37H23N3S/c1-4-13-32-26(10-1)28-18-20-38-23-35(28)40(32)25-9-7-8-24(22-25)39-33-14-5-2-11-27(33)29-16-17-36-31(19-21-41-36)37(29)30-12-3-6-15-34(30)39/h1-23H. The normalized spacial score (nSPS) is 12.3. The minimum absolute atomic E-state index is 1.11. The molecule has 4 heteroatoms. The fourth-order valence-electron chi connectivity index (χ4n) is 6.61. The molecule has 0 radical (unpaired) electrons. The molecule has 41 heavy (non-hydrogen) atoms. The van der Waals surface area contributed by atoms with Crippen LogP contribution in [0.1, 0.15) is 0 Å². The lowest BCUT2D eigenvalue weighted by Gasteiger charge is -2.27. The maximum atomic E-state index is 4.49. The van der Waals surface area contributed by atoms with Gasteiger partial charge in [-0.15, -0.1) is 11.3 Å². The third kappa shape index (κ3) is 3.22. The van der Waals surface area contributed by atoms with Crippen molar-refractivity contribution in [2.24, 2.45) is 0 Å². The van der Waals surface area contributed by atoms with Gasteiger partial charge in [0.05, 0.1) is 28.6 Å². The van der Waals surface area contributed by atoms with Crippen molar-refractivity contribution in [3.63, 3.8) is 0 Å². The van der Waals surface area contributed by atoms with E-state index >= 15 is 0 Å². The number of pyridine rings is 1. The molecule has 8 aromatic rings. The second kappa shape index (κ2) is 8.65. The Balaban J connectivity index is 1.34. The summed E-state index contributed by atoms with van der Waals surface area (Å²) in [7, 11) is 0. The van der Waals surface area contributed by atoms with Gasteiger partial charge in [-0.1, -0.05) is 66.7 Å². The van der Waals surface area contributed by atoms with Gasteiger partial charge in [0.25, 0.3) is 0 Å². The van der Waals surface area contributed by atoms with Gasteiger partial charge in [-0.25, -0.2) is 0 Å². The third-order valence-corrected chi connectivity index (χ3v) is 9.19. The van der Waals surface area contributed by atoms with Crippen LogP contribution in [0.3, 0.4) is 0 Å². The predicted octanol–water partition coefficient (Wildman–Crippen LogP) is 10.5. The Morgan fingerprint density at radius 3 is 2.22 bits per heavy atom. The van der Waals surface area contributed by atoms with Crippen LogP contribution < -0.4 is 4.90 Å². The largest absolute Gasteiger partial charge is 0.309 e. The van der Waals surface area contributed by atoms with Crippen molar-refractivity contribution < 1.29 is 0 Å². The maximum absolute atomic E-state index is 4.49. The summed E-state index contributed by atoms with van der Waals surface area (Å²) in [6.45, 7) is 0. The molecule has 0 bridgehead atoms. The van der Waals surface area contributed by atoms with Gasteiger partial charge in [0.15, 0.2) is 0 Å². The molecule has 0 unspecified atom stereocenters. The van der Waals surface area contributed by atoms with E-state index in [1.54, 1.807) is 11.3 Å². The number of anilines is 3. The highest BCUT2D eigenvalue weighted by molar-refractivity contribution is 7.17. The summed E-state index contributed by atoms with van der Waals surface area (Å²) < 4.78 is 3.65. The van der Waals surface area contributed by atoms with Crippen LogP contribution in [-0.2, 0) is 0 Å². The van der Waals surface area contributed by atoms with Crippen molar-refractivity contribution in [3.05, 3.63) is 139 Å².